The van der Waals surface area contributed by atoms with Crippen molar-refractivity contribution in [1.82, 2.24) is 14.6 Å². The van der Waals surface area contributed by atoms with Gasteiger partial charge in [0, 0.05) is 35.4 Å². The quantitative estimate of drug-likeness (QED) is 0.331. The molecule has 0 bridgehead atoms. The number of para-hydroxylation sites is 1. The summed E-state index contributed by atoms with van der Waals surface area (Å²) in [5.41, 5.74) is 6.53. The number of rotatable bonds is 6. The zero-order valence-corrected chi connectivity index (χ0v) is 20.1. The average Bonchev–Trinajstić information content (AvgIpc) is 3.18. The van der Waals surface area contributed by atoms with Crippen LogP contribution in [0.15, 0.2) is 83.0 Å². The zero-order valence-electron chi connectivity index (χ0n) is 20.1. The summed E-state index contributed by atoms with van der Waals surface area (Å²) in [4.78, 5) is 25.6. The summed E-state index contributed by atoms with van der Waals surface area (Å²) in [6.45, 7) is 9.80. The zero-order chi connectivity index (χ0) is 24.3. The van der Waals surface area contributed by atoms with Gasteiger partial charge in [-0.25, -0.2) is 5.43 Å². The maximum absolute atomic E-state index is 12.9. The van der Waals surface area contributed by atoms with Crippen LogP contribution in [0.5, 0.6) is 0 Å². The highest BCUT2D eigenvalue weighted by molar-refractivity contribution is 6.00. The largest absolute Gasteiger partial charge is 0.347 e. The van der Waals surface area contributed by atoms with Crippen LogP contribution < -0.4 is 11.0 Å². The Balaban J connectivity index is 1.49. The molecule has 0 aliphatic carbocycles. The van der Waals surface area contributed by atoms with Crippen molar-refractivity contribution in [2.75, 3.05) is 0 Å². The van der Waals surface area contributed by atoms with Gasteiger partial charge in [0.2, 0.25) is 0 Å². The molecule has 2 aromatic heterocycles. The highest BCUT2D eigenvalue weighted by Gasteiger charge is 2.14. The molecule has 34 heavy (non-hydrogen) atoms. The van der Waals surface area contributed by atoms with E-state index in [9.17, 15) is 9.59 Å². The molecule has 1 N–H and O–H groups in total. The van der Waals surface area contributed by atoms with Crippen LogP contribution in [0.1, 0.15) is 54.7 Å². The van der Waals surface area contributed by atoms with Crippen LogP contribution in [-0.2, 0) is 18.5 Å². The van der Waals surface area contributed by atoms with E-state index < -0.39 is 5.91 Å². The third kappa shape index (κ3) is 4.86. The second-order valence-electron chi connectivity index (χ2n) is 9.39. The van der Waals surface area contributed by atoms with E-state index >= 15 is 0 Å². The molecule has 0 saturated heterocycles. The Bertz CT molecular complexity index is 1400. The van der Waals surface area contributed by atoms with Gasteiger partial charge in [-0.2, -0.15) is 5.10 Å². The lowest BCUT2D eigenvalue weighted by Crippen LogP contribution is -2.30. The molecule has 4 aromatic rings. The molecule has 2 heterocycles. The molecule has 1 amide bonds. The third-order valence-electron chi connectivity index (χ3n) is 5.97. The van der Waals surface area contributed by atoms with Crippen LogP contribution in [0.25, 0.3) is 10.9 Å². The summed E-state index contributed by atoms with van der Waals surface area (Å²) in [6.07, 6.45) is 5.31. The molecular weight excluding hydrogens is 424 g/mol. The van der Waals surface area contributed by atoms with Crippen molar-refractivity contribution in [1.29, 1.82) is 0 Å². The lowest BCUT2D eigenvalue weighted by Gasteiger charge is -2.19. The third-order valence-corrected chi connectivity index (χ3v) is 5.97. The van der Waals surface area contributed by atoms with Crippen molar-refractivity contribution in [3.8, 4) is 0 Å². The highest BCUT2D eigenvalue weighted by atomic mass is 16.2. The number of aromatic nitrogens is 2. The predicted octanol–water partition coefficient (Wildman–Crippen LogP) is 4.93. The van der Waals surface area contributed by atoms with Crippen molar-refractivity contribution < 1.29 is 4.79 Å². The van der Waals surface area contributed by atoms with Gasteiger partial charge in [0.15, 0.2) is 0 Å². The number of benzene rings is 2. The second kappa shape index (κ2) is 9.51. The Morgan fingerprint density at radius 1 is 1.00 bits per heavy atom. The summed E-state index contributed by atoms with van der Waals surface area (Å²) in [6, 6.07) is 19.5. The van der Waals surface area contributed by atoms with E-state index in [1.165, 1.54) is 11.6 Å². The molecule has 0 spiro atoms. The molecule has 0 unspecified atom stereocenters. The van der Waals surface area contributed by atoms with Crippen LogP contribution in [-0.4, -0.2) is 21.3 Å². The summed E-state index contributed by atoms with van der Waals surface area (Å²) in [5.74, 6) is -0.530. The number of hydrogen-bond acceptors (Lipinski definition) is 3. The number of pyridine rings is 1. The van der Waals surface area contributed by atoms with Gasteiger partial charge in [-0.3, -0.25) is 9.59 Å². The topological polar surface area (TPSA) is 68.4 Å². The molecule has 6 nitrogen and oxygen atoms in total. The maximum atomic E-state index is 12.9. The molecule has 0 aliphatic rings. The monoisotopic (exact) mass is 454 g/mol. The molecule has 0 aliphatic heterocycles. The molecule has 0 atom stereocenters. The van der Waals surface area contributed by atoms with Crippen molar-refractivity contribution in [2.24, 2.45) is 5.10 Å². The molecule has 0 radical (unpaired) electrons. The summed E-state index contributed by atoms with van der Waals surface area (Å²) in [7, 11) is 0. The standard InChI is InChI=1S/C28H30N4O2/c1-5-31-19-21(23-9-6-7-11-25(23)31)17-29-30-26(33)24-10-8-16-32(27(24)34)18-20-12-14-22(15-13-20)28(2,3)4/h6-17,19H,5,18H2,1-4H3,(H,30,33)/b29-17-. The summed E-state index contributed by atoms with van der Waals surface area (Å²) < 4.78 is 3.67. The number of nitrogens with zero attached hydrogens (tertiary/aromatic N) is 3. The van der Waals surface area contributed by atoms with Gasteiger partial charge in [0.25, 0.3) is 11.5 Å². The van der Waals surface area contributed by atoms with Crippen molar-refractivity contribution in [3.05, 3.63) is 106 Å². The van der Waals surface area contributed by atoms with Gasteiger partial charge in [-0.1, -0.05) is 63.2 Å². The first kappa shape index (κ1) is 23.2. The number of hydrogen-bond donors (Lipinski definition) is 1. The fraction of sp³-hybridized carbons (Fsp3) is 0.250. The van der Waals surface area contributed by atoms with Gasteiger partial charge in [-0.15, -0.1) is 0 Å². The van der Waals surface area contributed by atoms with Crippen LogP contribution in [0.4, 0.5) is 0 Å². The Kier molecular flexibility index (Phi) is 6.50. The van der Waals surface area contributed by atoms with E-state index in [4.69, 9.17) is 0 Å². The second-order valence-corrected chi connectivity index (χ2v) is 9.39. The van der Waals surface area contributed by atoms with Crippen LogP contribution in [0.2, 0.25) is 0 Å². The molecule has 0 fully saturated rings. The smallest absolute Gasteiger partial charge is 0.276 e. The van der Waals surface area contributed by atoms with E-state index in [0.717, 1.165) is 28.6 Å². The van der Waals surface area contributed by atoms with E-state index in [1.54, 1.807) is 23.0 Å². The number of hydrazone groups is 1. The Morgan fingerprint density at radius 2 is 1.74 bits per heavy atom. The summed E-state index contributed by atoms with van der Waals surface area (Å²) in [5, 5.41) is 5.17. The first-order chi connectivity index (χ1) is 16.3. The van der Waals surface area contributed by atoms with Gasteiger partial charge < -0.3 is 9.13 Å². The predicted molar refractivity (Wildman–Crippen MR) is 138 cm³/mol. The lowest BCUT2D eigenvalue weighted by molar-refractivity contribution is 0.0953. The average molecular weight is 455 g/mol. The number of nitrogens with one attached hydrogen (secondary N) is 1. The number of carbonyl (C=O) groups excluding carboxylic acids is 1. The Morgan fingerprint density at radius 3 is 2.44 bits per heavy atom. The fourth-order valence-electron chi connectivity index (χ4n) is 4.00. The summed E-state index contributed by atoms with van der Waals surface area (Å²) >= 11 is 0. The molecular formula is C28H30N4O2. The van der Waals surface area contributed by atoms with E-state index in [1.807, 2.05) is 36.5 Å². The normalized spacial score (nSPS) is 11.9. The van der Waals surface area contributed by atoms with Crippen molar-refractivity contribution >= 4 is 23.0 Å². The number of aryl methyl sites for hydroxylation is 1. The molecule has 6 heteroatoms. The van der Waals surface area contributed by atoms with Gasteiger partial charge >= 0.3 is 0 Å². The van der Waals surface area contributed by atoms with E-state index in [-0.39, 0.29) is 16.5 Å². The first-order valence-electron chi connectivity index (χ1n) is 11.5. The van der Waals surface area contributed by atoms with Gasteiger partial charge in [0.05, 0.1) is 12.8 Å². The Labute approximate surface area is 199 Å². The number of amides is 1. The number of fused-ring (bicyclic) bond motifs is 1. The van der Waals surface area contributed by atoms with Crippen LogP contribution in [0, 0.1) is 0 Å². The minimum atomic E-state index is -0.530. The minimum Gasteiger partial charge on any atom is -0.347 e. The molecule has 2 aromatic carbocycles. The first-order valence-corrected chi connectivity index (χ1v) is 11.5. The highest BCUT2D eigenvalue weighted by Crippen LogP contribution is 2.22. The van der Waals surface area contributed by atoms with E-state index in [2.05, 4.69) is 61.0 Å². The molecule has 0 saturated carbocycles. The van der Waals surface area contributed by atoms with Crippen LogP contribution in [0.3, 0.4) is 0 Å². The SMILES string of the molecule is CCn1cc(/C=N\NC(=O)c2cccn(Cc3ccc(C(C)(C)C)cc3)c2=O)c2ccccc21. The lowest BCUT2D eigenvalue weighted by atomic mass is 9.87. The molecule has 174 valence electrons. The maximum Gasteiger partial charge on any atom is 0.276 e. The van der Waals surface area contributed by atoms with Crippen molar-refractivity contribution in [3.63, 3.8) is 0 Å². The Hall–Kier alpha value is -3.93. The van der Waals surface area contributed by atoms with Crippen LogP contribution >= 0.6 is 0 Å². The van der Waals surface area contributed by atoms with Gasteiger partial charge in [-0.05, 0) is 41.7 Å². The number of carbonyl (C=O) groups is 1. The fourth-order valence-corrected chi connectivity index (χ4v) is 4.00. The minimum absolute atomic E-state index is 0.0574. The van der Waals surface area contributed by atoms with E-state index in [0.29, 0.717) is 6.54 Å². The van der Waals surface area contributed by atoms with Gasteiger partial charge in [0.1, 0.15) is 5.56 Å². The van der Waals surface area contributed by atoms with Crippen molar-refractivity contribution in [2.45, 2.75) is 46.2 Å². The molecule has 4 rings (SSSR count).